The second-order valence-electron chi connectivity index (χ2n) is 3.88. The Bertz CT molecular complexity index is 453. The summed E-state index contributed by atoms with van der Waals surface area (Å²) in [5, 5.41) is 12.2. The van der Waals surface area contributed by atoms with E-state index >= 15 is 0 Å². The Morgan fingerprint density at radius 2 is 2.12 bits per heavy atom. The minimum atomic E-state index is -0.0597. The van der Waals surface area contributed by atoms with Crippen LogP contribution < -0.4 is 5.32 Å². The number of hydrogen-bond acceptors (Lipinski definition) is 4. The van der Waals surface area contributed by atoms with Gasteiger partial charge in [0.25, 0.3) is 0 Å². The Morgan fingerprint density at radius 1 is 1.29 bits per heavy atom. The molecule has 0 bridgehead atoms. The molecule has 4 nitrogen and oxygen atoms in total. The van der Waals surface area contributed by atoms with Crippen molar-refractivity contribution in [2.45, 2.75) is 26.1 Å². The third-order valence-electron chi connectivity index (χ3n) is 2.59. The van der Waals surface area contributed by atoms with Gasteiger partial charge in [-0.25, -0.2) is 0 Å². The number of nitrogens with zero attached hydrogens (tertiary/aromatic N) is 1. The first kappa shape index (κ1) is 11.8. The Labute approximate surface area is 100 Å². The van der Waals surface area contributed by atoms with Gasteiger partial charge in [-0.2, -0.15) is 0 Å². The largest absolute Gasteiger partial charge is 0.462 e. The molecule has 0 saturated heterocycles. The van der Waals surface area contributed by atoms with Crippen LogP contribution in [0.1, 0.15) is 30.2 Å². The Balaban J connectivity index is 1.90. The van der Waals surface area contributed by atoms with Crippen LogP contribution in [0.5, 0.6) is 0 Å². The van der Waals surface area contributed by atoms with Crippen LogP contribution in [0.4, 0.5) is 0 Å². The van der Waals surface area contributed by atoms with Gasteiger partial charge in [0, 0.05) is 12.2 Å². The fourth-order valence-electron chi connectivity index (χ4n) is 1.59. The zero-order valence-corrected chi connectivity index (χ0v) is 9.76. The molecule has 0 aliphatic carbocycles. The normalized spacial score (nSPS) is 12.6. The molecule has 2 N–H and O–H groups in total. The summed E-state index contributed by atoms with van der Waals surface area (Å²) in [5.41, 5.74) is 1.00. The van der Waals surface area contributed by atoms with E-state index in [4.69, 9.17) is 9.52 Å². The highest BCUT2D eigenvalue weighted by atomic mass is 16.4. The molecule has 17 heavy (non-hydrogen) atoms. The van der Waals surface area contributed by atoms with Gasteiger partial charge in [-0.1, -0.05) is 6.07 Å². The average Bonchev–Trinajstić information content (AvgIpc) is 2.85. The molecule has 4 heteroatoms. The van der Waals surface area contributed by atoms with E-state index in [9.17, 15) is 0 Å². The van der Waals surface area contributed by atoms with Crippen LogP contribution in [0.3, 0.4) is 0 Å². The third kappa shape index (κ3) is 3.15. The summed E-state index contributed by atoms with van der Waals surface area (Å²) in [4.78, 5) is 4.28. The second kappa shape index (κ2) is 5.61. The van der Waals surface area contributed by atoms with Crippen molar-refractivity contribution in [2.75, 3.05) is 0 Å². The first-order chi connectivity index (χ1) is 8.29. The summed E-state index contributed by atoms with van der Waals surface area (Å²) in [5.74, 6) is 1.41. The van der Waals surface area contributed by atoms with Gasteiger partial charge in [-0.15, -0.1) is 0 Å². The van der Waals surface area contributed by atoms with Crippen molar-refractivity contribution in [1.82, 2.24) is 10.3 Å². The van der Waals surface area contributed by atoms with Crippen molar-refractivity contribution in [3.63, 3.8) is 0 Å². The molecule has 2 heterocycles. The lowest BCUT2D eigenvalue weighted by Gasteiger charge is -2.11. The second-order valence-corrected chi connectivity index (χ2v) is 3.88. The van der Waals surface area contributed by atoms with Crippen LogP contribution in [0.25, 0.3) is 0 Å². The molecule has 0 aliphatic rings. The Kier molecular flexibility index (Phi) is 3.90. The van der Waals surface area contributed by atoms with E-state index in [1.165, 1.54) is 0 Å². The topological polar surface area (TPSA) is 58.3 Å². The lowest BCUT2D eigenvalue weighted by Crippen LogP contribution is -2.18. The van der Waals surface area contributed by atoms with Crippen LogP contribution >= 0.6 is 0 Å². The highest BCUT2D eigenvalue weighted by molar-refractivity contribution is 5.09. The molecule has 90 valence electrons. The molecule has 0 radical (unpaired) electrons. The van der Waals surface area contributed by atoms with Crippen molar-refractivity contribution in [1.29, 1.82) is 0 Å². The van der Waals surface area contributed by atoms with Gasteiger partial charge >= 0.3 is 0 Å². The number of pyridine rings is 1. The van der Waals surface area contributed by atoms with E-state index in [0.29, 0.717) is 12.3 Å². The first-order valence-corrected chi connectivity index (χ1v) is 5.62. The maximum atomic E-state index is 8.88. The molecular formula is C13H16N2O2. The number of aromatic nitrogens is 1. The highest BCUT2D eigenvalue weighted by Gasteiger charge is 2.07. The molecule has 0 spiro atoms. The van der Waals surface area contributed by atoms with Crippen LogP contribution in [0.2, 0.25) is 0 Å². The number of aliphatic hydroxyl groups is 1. The van der Waals surface area contributed by atoms with Gasteiger partial charge in [0.2, 0.25) is 0 Å². The quantitative estimate of drug-likeness (QED) is 0.828. The number of rotatable bonds is 5. The summed E-state index contributed by atoms with van der Waals surface area (Å²) in [7, 11) is 0. The number of nitrogens with one attached hydrogen (secondary N) is 1. The molecule has 0 saturated carbocycles. The van der Waals surface area contributed by atoms with E-state index in [-0.39, 0.29) is 12.6 Å². The molecule has 0 aromatic carbocycles. The number of aliphatic hydroxyl groups excluding tert-OH is 1. The molecule has 2 aromatic rings. The Morgan fingerprint density at radius 3 is 2.76 bits per heavy atom. The molecule has 0 fully saturated rings. The van der Waals surface area contributed by atoms with E-state index < -0.39 is 0 Å². The van der Waals surface area contributed by atoms with Gasteiger partial charge in [0.15, 0.2) is 0 Å². The van der Waals surface area contributed by atoms with Crippen molar-refractivity contribution in [3.05, 3.63) is 53.7 Å². The van der Waals surface area contributed by atoms with E-state index in [1.807, 2.05) is 24.3 Å². The summed E-state index contributed by atoms with van der Waals surface area (Å²) in [6, 6.07) is 9.66. The number of furan rings is 1. The van der Waals surface area contributed by atoms with Crippen molar-refractivity contribution >= 4 is 0 Å². The van der Waals surface area contributed by atoms with Crippen LogP contribution in [0.15, 0.2) is 40.9 Å². The fourth-order valence-corrected chi connectivity index (χ4v) is 1.59. The van der Waals surface area contributed by atoms with Crippen LogP contribution in [-0.4, -0.2) is 10.1 Å². The van der Waals surface area contributed by atoms with Crippen molar-refractivity contribution in [2.24, 2.45) is 0 Å². The van der Waals surface area contributed by atoms with E-state index in [1.54, 1.807) is 12.3 Å². The van der Waals surface area contributed by atoms with Gasteiger partial charge in [0.1, 0.15) is 18.1 Å². The minimum Gasteiger partial charge on any atom is -0.462 e. The van der Waals surface area contributed by atoms with Crippen LogP contribution in [0, 0.1) is 0 Å². The predicted octanol–water partition coefficient (Wildman–Crippen LogP) is 2.02. The van der Waals surface area contributed by atoms with E-state index in [2.05, 4.69) is 17.2 Å². The molecule has 1 atom stereocenters. The smallest absolute Gasteiger partial charge is 0.129 e. The average molecular weight is 232 g/mol. The summed E-state index contributed by atoms with van der Waals surface area (Å²) in [6.07, 6.45) is 1.78. The SMILES string of the molecule is C[C@H](NCc1ccc(CO)o1)c1ccccn1. The van der Waals surface area contributed by atoms with Gasteiger partial charge < -0.3 is 14.8 Å². The highest BCUT2D eigenvalue weighted by Crippen LogP contribution is 2.11. The van der Waals surface area contributed by atoms with E-state index in [0.717, 1.165) is 11.5 Å². The zero-order chi connectivity index (χ0) is 12.1. The Hall–Kier alpha value is -1.65. The molecule has 0 amide bonds. The van der Waals surface area contributed by atoms with Crippen molar-refractivity contribution in [3.8, 4) is 0 Å². The fraction of sp³-hybridized carbons (Fsp3) is 0.308. The van der Waals surface area contributed by atoms with Gasteiger partial charge in [-0.3, -0.25) is 4.98 Å². The zero-order valence-electron chi connectivity index (χ0n) is 9.76. The lowest BCUT2D eigenvalue weighted by atomic mass is 10.2. The first-order valence-electron chi connectivity index (χ1n) is 5.62. The molecule has 0 unspecified atom stereocenters. The van der Waals surface area contributed by atoms with Gasteiger partial charge in [0.05, 0.1) is 12.2 Å². The monoisotopic (exact) mass is 232 g/mol. The molecule has 2 aromatic heterocycles. The minimum absolute atomic E-state index is 0.0597. The maximum absolute atomic E-state index is 8.88. The summed E-state index contributed by atoms with van der Waals surface area (Å²) in [6.45, 7) is 2.62. The standard InChI is InChI=1S/C13H16N2O2/c1-10(13-4-2-3-7-14-13)15-8-11-5-6-12(9-16)17-11/h2-7,10,15-16H,8-9H2,1H3/t10-/m0/s1. The van der Waals surface area contributed by atoms with Gasteiger partial charge in [-0.05, 0) is 31.2 Å². The van der Waals surface area contributed by atoms with Crippen molar-refractivity contribution < 1.29 is 9.52 Å². The molecule has 0 aliphatic heterocycles. The summed E-state index contributed by atoms with van der Waals surface area (Å²) < 4.78 is 5.39. The lowest BCUT2D eigenvalue weighted by molar-refractivity contribution is 0.242. The number of hydrogen-bond donors (Lipinski definition) is 2. The third-order valence-corrected chi connectivity index (χ3v) is 2.59. The van der Waals surface area contributed by atoms with Crippen LogP contribution in [-0.2, 0) is 13.2 Å². The molecule has 2 rings (SSSR count). The summed E-state index contributed by atoms with van der Waals surface area (Å²) >= 11 is 0. The molecular weight excluding hydrogens is 216 g/mol. The predicted molar refractivity (Wildman–Crippen MR) is 64.1 cm³/mol. The maximum Gasteiger partial charge on any atom is 0.129 e.